The van der Waals surface area contributed by atoms with Crippen molar-refractivity contribution < 1.29 is 13.6 Å². The van der Waals surface area contributed by atoms with Crippen molar-refractivity contribution >= 4 is 44.1 Å². The lowest BCUT2D eigenvalue weighted by atomic mass is 9.97. The number of carbonyl (C=O) groups excluding carboxylic acids is 1. The number of piperidine rings is 1. The standard InChI is InChI=1S/C25H22BrFN2O2S/c1-15-28-23(24(32-15)16-9-11-17(27)12-10-16)25(30)29-13-5-4-6-18(29)14-21-22(26)19-7-2-3-8-20(19)31-21/h2-3,7-12,18H,4-6,13-14H2,1H3/t18-/m0/s1. The van der Waals surface area contributed by atoms with E-state index >= 15 is 0 Å². The highest BCUT2D eigenvalue weighted by Crippen LogP contribution is 2.35. The molecular weight excluding hydrogens is 491 g/mol. The highest BCUT2D eigenvalue weighted by atomic mass is 79.9. The van der Waals surface area contributed by atoms with Gasteiger partial charge in [0.05, 0.1) is 14.4 Å². The molecule has 0 N–H and O–H groups in total. The molecule has 4 nitrogen and oxygen atoms in total. The van der Waals surface area contributed by atoms with Gasteiger partial charge in [0.2, 0.25) is 0 Å². The van der Waals surface area contributed by atoms with Crippen LogP contribution >= 0.6 is 27.3 Å². The van der Waals surface area contributed by atoms with E-state index in [1.165, 1.54) is 23.5 Å². The molecule has 7 heteroatoms. The van der Waals surface area contributed by atoms with Crippen LogP contribution in [0.5, 0.6) is 0 Å². The highest BCUT2D eigenvalue weighted by molar-refractivity contribution is 9.10. The average molecular weight is 513 g/mol. The first-order chi connectivity index (χ1) is 15.5. The molecule has 164 valence electrons. The van der Waals surface area contributed by atoms with Gasteiger partial charge in [-0.25, -0.2) is 9.37 Å². The largest absolute Gasteiger partial charge is 0.460 e. The van der Waals surface area contributed by atoms with Crippen molar-refractivity contribution in [3.8, 4) is 10.4 Å². The molecule has 0 unspecified atom stereocenters. The third-order valence-corrected chi connectivity index (χ3v) is 7.84. The van der Waals surface area contributed by atoms with Crippen molar-refractivity contribution in [1.29, 1.82) is 0 Å². The minimum absolute atomic E-state index is 0.0381. The summed E-state index contributed by atoms with van der Waals surface area (Å²) in [5.41, 5.74) is 2.11. The van der Waals surface area contributed by atoms with Crippen LogP contribution in [0.4, 0.5) is 4.39 Å². The molecule has 3 heterocycles. The summed E-state index contributed by atoms with van der Waals surface area (Å²) in [6.45, 7) is 2.59. The Balaban J connectivity index is 1.46. The van der Waals surface area contributed by atoms with Crippen LogP contribution in [0.15, 0.2) is 57.4 Å². The number of furan rings is 1. The molecule has 0 aliphatic carbocycles. The van der Waals surface area contributed by atoms with Gasteiger partial charge in [-0.05, 0) is 71.9 Å². The van der Waals surface area contributed by atoms with E-state index < -0.39 is 0 Å². The number of hydrogen-bond acceptors (Lipinski definition) is 4. The predicted molar refractivity (Wildman–Crippen MR) is 129 cm³/mol. The number of likely N-dealkylation sites (tertiary alicyclic amines) is 1. The fourth-order valence-corrected chi connectivity index (χ4v) is 5.88. The number of aromatic nitrogens is 1. The number of aryl methyl sites for hydroxylation is 1. The quantitative estimate of drug-likeness (QED) is 0.295. The zero-order valence-electron chi connectivity index (χ0n) is 17.6. The molecule has 1 atom stereocenters. The number of para-hydroxylation sites is 1. The fraction of sp³-hybridized carbons (Fsp3) is 0.280. The van der Waals surface area contributed by atoms with Crippen molar-refractivity contribution in [1.82, 2.24) is 9.88 Å². The van der Waals surface area contributed by atoms with E-state index in [4.69, 9.17) is 4.42 Å². The van der Waals surface area contributed by atoms with Crippen LogP contribution in [0.1, 0.15) is 40.5 Å². The van der Waals surface area contributed by atoms with Crippen molar-refractivity contribution in [3.05, 3.63) is 75.3 Å². The second-order valence-electron chi connectivity index (χ2n) is 8.11. The van der Waals surface area contributed by atoms with E-state index in [0.717, 1.165) is 55.9 Å². The van der Waals surface area contributed by atoms with Gasteiger partial charge in [-0.15, -0.1) is 11.3 Å². The molecule has 32 heavy (non-hydrogen) atoms. The SMILES string of the molecule is Cc1nc(C(=O)N2CCCC[C@H]2Cc2oc3ccccc3c2Br)c(-c2ccc(F)cc2)s1. The van der Waals surface area contributed by atoms with Crippen LogP contribution < -0.4 is 0 Å². The summed E-state index contributed by atoms with van der Waals surface area (Å²) in [5, 5.41) is 1.87. The maximum absolute atomic E-state index is 13.7. The monoisotopic (exact) mass is 512 g/mol. The van der Waals surface area contributed by atoms with Crippen LogP contribution in [0, 0.1) is 12.7 Å². The van der Waals surface area contributed by atoms with E-state index in [0.29, 0.717) is 18.7 Å². The van der Waals surface area contributed by atoms with Crippen LogP contribution in [0.3, 0.4) is 0 Å². The Labute approximate surface area is 198 Å². The second kappa shape index (κ2) is 8.79. The van der Waals surface area contributed by atoms with Crippen LogP contribution in [-0.2, 0) is 6.42 Å². The Morgan fingerprint density at radius 3 is 2.78 bits per heavy atom. The van der Waals surface area contributed by atoms with Gasteiger partial charge in [-0.1, -0.05) is 24.3 Å². The molecule has 1 aliphatic rings. The van der Waals surface area contributed by atoms with E-state index in [1.807, 2.05) is 36.1 Å². The summed E-state index contributed by atoms with van der Waals surface area (Å²) in [6.07, 6.45) is 3.62. The molecule has 1 amide bonds. The van der Waals surface area contributed by atoms with Gasteiger partial charge in [-0.3, -0.25) is 4.79 Å². The summed E-state index contributed by atoms with van der Waals surface area (Å²) in [5.74, 6) is 0.505. The zero-order chi connectivity index (χ0) is 22.2. The summed E-state index contributed by atoms with van der Waals surface area (Å²) >= 11 is 5.16. The smallest absolute Gasteiger partial charge is 0.274 e. The van der Waals surface area contributed by atoms with E-state index in [-0.39, 0.29) is 17.8 Å². The lowest BCUT2D eigenvalue weighted by Gasteiger charge is -2.35. The molecule has 2 aromatic heterocycles. The second-order valence-corrected chi connectivity index (χ2v) is 10.1. The number of carbonyl (C=O) groups is 1. The number of nitrogens with zero attached hydrogens (tertiary/aromatic N) is 2. The molecule has 1 saturated heterocycles. The van der Waals surface area contributed by atoms with E-state index in [1.54, 1.807) is 12.1 Å². The summed E-state index contributed by atoms with van der Waals surface area (Å²) in [7, 11) is 0. The average Bonchev–Trinajstić information content (AvgIpc) is 3.34. The molecular formula is C25H22BrFN2O2S. The van der Waals surface area contributed by atoms with E-state index in [2.05, 4.69) is 20.9 Å². The number of hydrogen-bond donors (Lipinski definition) is 0. The third-order valence-electron chi connectivity index (χ3n) is 5.95. The van der Waals surface area contributed by atoms with Gasteiger partial charge in [-0.2, -0.15) is 0 Å². The Morgan fingerprint density at radius 2 is 2.00 bits per heavy atom. The first kappa shape index (κ1) is 21.3. The van der Waals surface area contributed by atoms with Gasteiger partial charge >= 0.3 is 0 Å². The minimum atomic E-state index is -0.296. The number of benzene rings is 2. The number of thiazole rings is 1. The summed E-state index contributed by atoms with van der Waals surface area (Å²) in [6, 6.07) is 14.2. The Bertz CT molecular complexity index is 1280. The van der Waals surface area contributed by atoms with E-state index in [9.17, 15) is 9.18 Å². The van der Waals surface area contributed by atoms with Gasteiger partial charge < -0.3 is 9.32 Å². The molecule has 5 rings (SSSR count). The first-order valence-electron chi connectivity index (χ1n) is 10.7. The Hall–Kier alpha value is -2.51. The molecule has 1 aliphatic heterocycles. The van der Waals surface area contributed by atoms with Crippen molar-refractivity contribution in [2.45, 2.75) is 38.6 Å². The number of amides is 1. The summed E-state index contributed by atoms with van der Waals surface area (Å²) < 4.78 is 20.5. The number of halogens is 2. The van der Waals surface area contributed by atoms with Crippen molar-refractivity contribution in [2.24, 2.45) is 0 Å². The maximum atomic E-state index is 13.7. The minimum Gasteiger partial charge on any atom is -0.460 e. The van der Waals surface area contributed by atoms with Gasteiger partial charge in [0.15, 0.2) is 0 Å². The number of rotatable bonds is 4. The zero-order valence-corrected chi connectivity index (χ0v) is 20.0. The first-order valence-corrected chi connectivity index (χ1v) is 12.3. The maximum Gasteiger partial charge on any atom is 0.274 e. The Kier molecular flexibility index (Phi) is 5.86. The van der Waals surface area contributed by atoms with Crippen LogP contribution in [0.25, 0.3) is 21.4 Å². The van der Waals surface area contributed by atoms with Gasteiger partial charge in [0.25, 0.3) is 5.91 Å². The molecule has 0 radical (unpaired) electrons. The highest BCUT2D eigenvalue weighted by Gasteiger charge is 2.32. The van der Waals surface area contributed by atoms with Crippen molar-refractivity contribution in [3.63, 3.8) is 0 Å². The topological polar surface area (TPSA) is 46.3 Å². The summed E-state index contributed by atoms with van der Waals surface area (Å²) in [4.78, 5) is 21.0. The molecule has 0 spiro atoms. The van der Waals surface area contributed by atoms with Gasteiger partial charge in [0, 0.05) is 24.4 Å². The van der Waals surface area contributed by atoms with Crippen LogP contribution in [-0.4, -0.2) is 28.4 Å². The lowest BCUT2D eigenvalue weighted by Crippen LogP contribution is -2.45. The lowest BCUT2D eigenvalue weighted by molar-refractivity contribution is 0.0603. The number of fused-ring (bicyclic) bond motifs is 1. The fourth-order valence-electron chi connectivity index (χ4n) is 4.40. The predicted octanol–water partition coefficient (Wildman–Crippen LogP) is 7.00. The van der Waals surface area contributed by atoms with Crippen LogP contribution in [0.2, 0.25) is 0 Å². The van der Waals surface area contributed by atoms with Gasteiger partial charge in [0.1, 0.15) is 22.9 Å². The normalized spacial score (nSPS) is 16.6. The Morgan fingerprint density at radius 1 is 1.22 bits per heavy atom. The molecule has 1 fully saturated rings. The van der Waals surface area contributed by atoms with Crippen molar-refractivity contribution in [2.75, 3.05) is 6.54 Å². The molecule has 2 aromatic carbocycles. The molecule has 4 aromatic rings. The molecule has 0 saturated carbocycles. The molecule has 0 bridgehead atoms. The third kappa shape index (κ3) is 3.99.